The Kier molecular flexibility index (Phi) is 5.28. The van der Waals surface area contributed by atoms with Crippen LogP contribution in [-0.4, -0.2) is 40.7 Å². The molecule has 1 saturated heterocycles. The van der Waals surface area contributed by atoms with Crippen molar-refractivity contribution < 1.29 is 14.7 Å². The number of carboxylic acids is 1. The third-order valence-corrected chi connectivity index (χ3v) is 4.97. The van der Waals surface area contributed by atoms with Gasteiger partial charge in [-0.25, -0.2) is 0 Å². The molecular weight excluding hydrogens is 286 g/mol. The van der Waals surface area contributed by atoms with Gasteiger partial charge in [0.25, 0.3) is 0 Å². The number of likely N-dealkylation sites (tertiary alicyclic amines) is 1. The highest BCUT2D eigenvalue weighted by Gasteiger charge is 2.27. The van der Waals surface area contributed by atoms with Crippen molar-refractivity contribution in [3.63, 3.8) is 0 Å². The van der Waals surface area contributed by atoms with Gasteiger partial charge in [-0.2, -0.15) is 0 Å². The Bertz CT molecular complexity index is 544. The molecule has 0 radical (unpaired) electrons. The summed E-state index contributed by atoms with van der Waals surface area (Å²) in [5, 5.41) is 9.06. The Balaban J connectivity index is 1.90. The van der Waals surface area contributed by atoms with Gasteiger partial charge in [0.2, 0.25) is 5.91 Å². The maximum absolute atomic E-state index is 12.2. The summed E-state index contributed by atoms with van der Waals surface area (Å²) in [6, 6.07) is 6.19. The summed E-state index contributed by atoms with van der Waals surface area (Å²) in [5.74, 6) is -0.801. The minimum atomic E-state index is -0.797. The Morgan fingerprint density at radius 3 is 2.81 bits per heavy atom. The molecule has 21 heavy (non-hydrogen) atoms. The molecule has 1 amide bonds. The number of hydrogen-bond donors (Lipinski definition) is 1. The van der Waals surface area contributed by atoms with Crippen molar-refractivity contribution >= 4 is 23.6 Å². The van der Waals surface area contributed by atoms with Gasteiger partial charge in [-0.1, -0.05) is 17.7 Å². The largest absolute Gasteiger partial charge is 0.481 e. The topological polar surface area (TPSA) is 57.6 Å². The molecule has 1 N–H and O–H groups in total. The van der Waals surface area contributed by atoms with E-state index in [1.54, 1.807) is 4.90 Å². The van der Waals surface area contributed by atoms with Crippen molar-refractivity contribution in [2.75, 3.05) is 18.8 Å². The number of hydrogen-bond acceptors (Lipinski definition) is 3. The summed E-state index contributed by atoms with van der Waals surface area (Å²) in [7, 11) is 0. The monoisotopic (exact) mass is 307 g/mol. The highest BCUT2D eigenvalue weighted by Crippen LogP contribution is 2.24. The molecule has 1 aromatic rings. The molecule has 1 aliphatic heterocycles. The number of aryl methyl sites for hydroxylation is 2. The first-order valence-corrected chi connectivity index (χ1v) is 8.16. The molecule has 1 unspecified atom stereocenters. The van der Waals surface area contributed by atoms with Gasteiger partial charge in [-0.15, -0.1) is 11.8 Å². The van der Waals surface area contributed by atoms with Crippen molar-refractivity contribution in [2.24, 2.45) is 5.92 Å². The Morgan fingerprint density at radius 1 is 1.38 bits per heavy atom. The minimum Gasteiger partial charge on any atom is -0.481 e. The van der Waals surface area contributed by atoms with E-state index < -0.39 is 11.9 Å². The number of carboxylic acid groups (broad SMARTS) is 1. The molecule has 0 aromatic heterocycles. The van der Waals surface area contributed by atoms with Crippen LogP contribution in [0.4, 0.5) is 0 Å². The van der Waals surface area contributed by atoms with Gasteiger partial charge in [-0.05, 0) is 38.3 Å². The second-order valence-electron chi connectivity index (χ2n) is 5.57. The van der Waals surface area contributed by atoms with Gasteiger partial charge in [0.05, 0.1) is 11.7 Å². The number of benzene rings is 1. The van der Waals surface area contributed by atoms with Crippen LogP contribution >= 0.6 is 11.8 Å². The van der Waals surface area contributed by atoms with Crippen LogP contribution in [0, 0.1) is 19.8 Å². The standard InChI is InChI=1S/C16H21NO3S/c1-11-5-6-14(12(2)8-11)21-10-15(18)17-7-3-4-13(9-17)16(19)20/h5-6,8,13H,3-4,7,9-10H2,1-2H3,(H,19,20). The molecule has 4 nitrogen and oxygen atoms in total. The molecule has 1 aliphatic rings. The highest BCUT2D eigenvalue weighted by atomic mass is 32.2. The van der Waals surface area contributed by atoms with E-state index in [1.807, 2.05) is 26.0 Å². The quantitative estimate of drug-likeness (QED) is 0.869. The van der Waals surface area contributed by atoms with Gasteiger partial charge in [0.1, 0.15) is 0 Å². The lowest BCUT2D eigenvalue weighted by Crippen LogP contribution is -2.43. The van der Waals surface area contributed by atoms with E-state index in [9.17, 15) is 9.59 Å². The first-order valence-electron chi connectivity index (χ1n) is 7.18. The van der Waals surface area contributed by atoms with Gasteiger partial charge in [0, 0.05) is 18.0 Å². The lowest BCUT2D eigenvalue weighted by atomic mass is 9.98. The fourth-order valence-electron chi connectivity index (χ4n) is 2.60. The number of carbonyl (C=O) groups excluding carboxylic acids is 1. The summed E-state index contributed by atoms with van der Waals surface area (Å²) < 4.78 is 0. The van der Waals surface area contributed by atoms with Crippen molar-refractivity contribution in [3.8, 4) is 0 Å². The van der Waals surface area contributed by atoms with Crippen LogP contribution in [0.15, 0.2) is 23.1 Å². The zero-order valence-electron chi connectivity index (χ0n) is 12.5. The predicted octanol–water partition coefficient (Wildman–Crippen LogP) is 2.72. The number of nitrogens with zero attached hydrogens (tertiary/aromatic N) is 1. The summed E-state index contributed by atoms with van der Waals surface area (Å²) >= 11 is 1.53. The summed E-state index contributed by atoms with van der Waals surface area (Å²) in [6.07, 6.45) is 1.44. The highest BCUT2D eigenvalue weighted by molar-refractivity contribution is 8.00. The summed E-state index contributed by atoms with van der Waals surface area (Å²) in [6.45, 7) is 5.12. The molecule has 1 heterocycles. The average molecular weight is 307 g/mol. The van der Waals surface area contributed by atoms with Crippen LogP contribution in [0.2, 0.25) is 0 Å². The van der Waals surface area contributed by atoms with Crippen LogP contribution in [0.1, 0.15) is 24.0 Å². The normalized spacial score (nSPS) is 18.6. The lowest BCUT2D eigenvalue weighted by Gasteiger charge is -2.30. The lowest BCUT2D eigenvalue weighted by molar-refractivity contribution is -0.145. The molecule has 1 fully saturated rings. The molecular formula is C16H21NO3S. The van der Waals surface area contributed by atoms with E-state index in [0.29, 0.717) is 25.3 Å². The van der Waals surface area contributed by atoms with E-state index in [0.717, 1.165) is 11.3 Å². The van der Waals surface area contributed by atoms with E-state index >= 15 is 0 Å². The third kappa shape index (κ3) is 4.24. The zero-order chi connectivity index (χ0) is 15.4. The molecule has 114 valence electrons. The van der Waals surface area contributed by atoms with Crippen LogP contribution in [0.25, 0.3) is 0 Å². The summed E-state index contributed by atoms with van der Waals surface area (Å²) in [5.41, 5.74) is 2.39. The predicted molar refractivity (Wildman–Crippen MR) is 83.6 cm³/mol. The first-order chi connectivity index (χ1) is 9.97. The maximum Gasteiger partial charge on any atom is 0.308 e. The van der Waals surface area contributed by atoms with Gasteiger partial charge in [-0.3, -0.25) is 9.59 Å². The van der Waals surface area contributed by atoms with Crippen LogP contribution in [0.5, 0.6) is 0 Å². The smallest absolute Gasteiger partial charge is 0.308 e. The van der Waals surface area contributed by atoms with E-state index in [2.05, 4.69) is 6.07 Å². The fraction of sp³-hybridized carbons (Fsp3) is 0.500. The zero-order valence-corrected chi connectivity index (χ0v) is 13.3. The molecule has 0 aliphatic carbocycles. The van der Waals surface area contributed by atoms with E-state index in [1.165, 1.54) is 22.9 Å². The molecule has 1 aromatic carbocycles. The summed E-state index contributed by atoms with van der Waals surface area (Å²) in [4.78, 5) is 26.1. The van der Waals surface area contributed by atoms with Crippen molar-refractivity contribution in [3.05, 3.63) is 29.3 Å². The molecule has 1 atom stereocenters. The van der Waals surface area contributed by atoms with Gasteiger partial charge in [0.15, 0.2) is 0 Å². The Hall–Kier alpha value is -1.49. The van der Waals surface area contributed by atoms with Crippen LogP contribution < -0.4 is 0 Å². The number of amides is 1. The maximum atomic E-state index is 12.2. The minimum absolute atomic E-state index is 0.0333. The second-order valence-corrected chi connectivity index (χ2v) is 6.59. The number of rotatable bonds is 4. The molecule has 0 saturated carbocycles. The third-order valence-electron chi connectivity index (χ3n) is 3.80. The Labute approximate surface area is 129 Å². The van der Waals surface area contributed by atoms with E-state index in [4.69, 9.17) is 5.11 Å². The van der Waals surface area contributed by atoms with Crippen LogP contribution in [-0.2, 0) is 9.59 Å². The number of thioether (sulfide) groups is 1. The number of carbonyl (C=O) groups is 2. The Morgan fingerprint density at radius 2 is 2.14 bits per heavy atom. The van der Waals surface area contributed by atoms with E-state index in [-0.39, 0.29) is 5.91 Å². The molecule has 0 spiro atoms. The number of aliphatic carboxylic acids is 1. The molecule has 0 bridgehead atoms. The molecule has 2 rings (SSSR count). The van der Waals surface area contributed by atoms with Gasteiger partial charge < -0.3 is 10.0 Å². The first kappa shape index (κ1) is 15.9. The van der Waals surface area contributed by atoms with Crippen LogP contribution in [0.3, 0.4) is 0 Å². The average Bonchev–Trinajstić information content (AvgIpc) is 2.46. The fourth-order valence-corrected chi connectivity index (χ4v) is 3.51. The SMILES string of the molecule is Cc1ccc(SCC(=O)N2CCCC(C(=O)O)C2)c(C)c1. The van der Waals surface area contributed by atoms with Crippen molar-refractivity contribution in [1.29, 1.82) is 0 Å². The van der Waals surface area contributed by atoms with Crippen molar-refractivity contribution in [2.45, 2.75) is 31.6 Å². The number of piperidine rings is 1. The van der Waals surface area contributed by atoms with Gasteiger partial charge >= 0.3 is 5.97 Å². The second kappa shape index (κ2) is 6.98. The molecule has 5 heteroatoms. The van der Waals surface area contributed by atoms with Crippen molar-refractivity contribution in [1.82, 2.24) is 4.90 Å².